The third-order valence-electron chi connectivity index (χ3n) is 4.07. The number of ether oxygens (including phenoxy) is 2. The second-order valence-electron chi connectivity index (χ2n) is 7.45. The molecule has 1 aliphatic rings. The first-order chi connectivity index (χ1) is 12.1. The molecule has 1 fully saturated rings. The molecule has 144 valence electrons. The molecule has 1 aliphatic heterocycles. The fraction of sp³-hybridized carbons (Fsp3) is 0.556. The maximum absolute atomic E-state index is 12.3. The maximum Gasteiger partial charge on any atom is 0.408 e. The quantitative estimate of drug-likeness (QED) is 0.690. The molecule has 1 atom stereocenters. The third kappa shape index (κ3) is 5.11. The number of aldehydes is 1. The predicted octanol–water partition coefficient (Wildman–Crippen LogP) is 4.04. The van der Waals surface area contributed by atoms with Crippen molar-refractivity contribution >= 4 is 45.6 Å². The molecule has 0 aliphatic carbocycles. The number of hydrogen-bond acceptors (Lipinski definition) is 5. The molecule has 0 spiro atoms. The lowest BCUT2D eigenvalue weighted by molar-refractivity contribution is 0.0384. The average Bonchev–Trinajstić information content (AvgIpc) is 2.88. The van der Waals surface area contributed by atoms with E-state index in [9.17, 15) is 9.59 Å². The summed E-state index contributed by atoms with van der Waals surface area (Å²) in [4.78, 5) is 25.8. The first-order valence-electron chi connectivity index (χ1n) is 8.28. The van der Waals surface area contributed by atoms with Crippen LogP contribution in [0.1, 0.15) is 37.6 Å². The summed E-state index contributed by atoms with van der Waals surface area (Å²) in [5, 5.41) is 3.48. The summed E-state index contributed by atoms with van der Waals surface area (Å²) < 4.78 is 11.4. The molecule has 8 heteroatoms. The van der Waals surface area contributed by atoms with Gasteiger partial charge in [-0.25, -0.2) is 4.79 Å². The number of carbonyl (C=O) groups excluding carboxylic acids is 2. The highest BCUT2D eigenvalue weighted by Gasteiger charge is 2.41. The number of nitrogens with one attached hydrogen (secondary N) is 1. The molecule has 0 bridgehead atoms. The number of rotatable bonds is 5. The molecule has 1 aromatic carbocycles. The molecule has 1 unspecified atom stereocenters. The standard InChI is InChI=1S/C18H24BrClN2O4/c1-17(2,3)26-16(24)21-18(11-25-4)5-6-22(10-18)15-8-12(20)7-14(19)13(15)9-23/h7-9H,5-6,10-11H2,1-4H3,(H,21,24). The van der Waals surface area contributed by atoms with Crippen LogP contribution >= 0.6 is 27.5 Å². The Morgan fingerprint density at radius 3 is 2.73 bits per heavy atom. The SMILES string of the molecule is COCC1(NC(=O)OC(C)(C)C)CCN(c2cc(Cl)cc(Br)c2C=O)C1. The van der Waals surface area contributed by atoms with Gasteiger partial charge in [-0.3, -0.25) is 4.79 Å². The van der Waals surface area contributed by atoms with Gasteiger partial charge in [0.15, 0.2) is 6.29 Å². The van der Waals surface area contributed by atoms with Crippen LogP contribution in [0.5, 0.6) is 0 Å². The molecule has 2 rings (SSSR count). The molecule has 0 aromatic heterocycles. The van der Waals surface area contributed by atoms with E-state index in [1.165, 1.54) is 0 Å². The van der Waals surface area contributed by atoms with Gasteiger partial charge in [-0.2, -0.15) is 0 Å². The molecule has 1 N–H and O–H groups in total. The van der Waals surface area contributed by atoms with Crippen LogP contribution in [0.3, 0.4) is 0 Å². The Kier molecular flexibility index (Phi) is 6.58. The summed E-state index contributed by atoms with van der Waals surface area (Å²) in [6.45, 7) is 6.91. The molecule has 26 heavy (non-hydrogen) atoms. The van der Waals surface area contributed by atoms with Crippen molar-refractivity contribution in [1.29, 1.82) is 0 Å². The van der Waals surface area contributed by atoms with Gasteiger partial charge in [0.25, 0.3) is 0 Å². The summed E-state index contributed by atoms with van der Waals surface area (Å²) in [6.07, 6.45) is 0.967. The van der Waals surface area contributed by atoms with Crippen molar-refractivity contribution in [2.24, 2.45) is 0 Å². The molecule has 0 saturated carbocycles. The van der Waals surface area contributed by atoms with E-state index in [4.69, 9.17) is 21.1 Å². The highest BCUT2D eigenvalue weighted by molar-refractivity contribution is 9.10. The van der Waals surface area contributed by atoms with Gasteiger partial charge >= 0.3 is 6.09 Å². The molecular formula is C18H24BrClN2O4. The van der Waals surface area contributed by atoms with Crippen molar-refractivity contribution in [3.05, 3.63) is 27.2 Å². The number of alkyl carbamates (subject to hydrolysis) is 1. The minimum Gasteiger partial charge on any atom is -0.444 e. The van der Waals surface area contributed by atoms with Gasteiger partial charge < -0.3 is 19.7 Å². The number of hydrogen-bond donors (Lipinski definition) is 1. The van der Waals surface area contributed by atoms with Gasteiger partial charge in [-0.1, -0.05) is 11.6 Å². The van der Waals surface area contributed by atoms with Gasteiger partial charge in [0, 0.05) is 35.4 Å². The van der Waals surface area contributed by atoms with Crippen molar-refractivity contribution in [1.82, 2.24) is 5.32 Å². The maximum atomic E-state index is 12.3. The topological polar surface area (TPSA) is 67.9 Å². The summed E-state index contributed by atoms with van der Waals surface area (Å²) in [5.41, 5.74) is 0.0637. The monoisotopic (exact) mass is 446 g/mol. The zero-order chi connectivity index (χ0) is 19.5. The van der Waals surface area contributed by atoms with E-state index in [0.717, 1.165) is 12.0 Å². The van der Waals surface area contributed by atoms with Crippen LogP contribution < -0.4 is 10.2 Å². The molecular weight excluding hydrogens is 424 g/mol. The molecule has 1 aromatic rings. The fourth-order valence-corrected chi connectivity index (χ4v) is 3.97. The van der Waals surface area contributed by atoms with Crippen LogP contribution in [0, 0.1) is 0 Å². The Morgan fingerprint density at radius 2 is 2.15 bits per heavy atom. The minimum atomic E-state index is -0.605. The van der Waals surface area contributed by atoms with Crippen molar-refractivity contribution in [2.75, 3.05) is 31.7 Å². The van der Waals surface area contributed by atoms with Gasteiger partial charge in [-0.15, -0.1) is 0 Å². The Bertz CT molecular complexity index is 693. The Labute approximate surface area is 167 Å². The van der Waals surface area contributed by atoms with Crippen molar-refractivity contribution < 1.29 is 19.1 Å². The Balaban J connectivity index is 2.24. The molecule has 1 heterocycles. The van der Waals surface area contributed by atoms with Gasteiger partial charge in [0.05, 0.1) is 17.7 Å². The van der Waals surface area contributed by atoms with E-state index in [1.54, 1.807) is 19.2 Å². The van der Waals surface area contributed by atoms with Crippen LogP contribution in [0.2, 0.25) is 5.02 Å². The van der Waals surface area contributed by atoms with E-state index in [-0.39, 0.29) is 0 Å². The predicted molar refractivity (Wildman–Crippen MR) is 105 cm³/mol. The number of halogens is 2. The number of anilines is 1. The minimum absolute atomic E-state index is 0.334. The Hall–Kier alpha value is -1.31. The highest BCUT2D eigenvalue weighted by Crippen LogP contribution is 2.35. The van der Waals surface area contributed by atoms with E-state index in [2.05, 4.69) is 21.2 Å². The lowest BCUT2D eigenvalue weighted by Gasteiger charge is -2.32. The highest BCUT2D eigenvalue weighted by atomic mass is 79.9. The first kappa shape index (κ1) is 21.0. The smallest absolute Gasteiger partial charge is 0.408 e. The van der Waals surface area contributed by atoms with E-state index in [1.807, 2.05) is 25.7 Å². The average molecular weight is 448 g/mol. The largest absolute Gasteiger partial charge is 0.444 e. The van der Waals surface area contributed by atoms with Gasteiger partial charge in [0.1, 0.15) is 5.60 Å². The number of benzene rings is 1. The zero-order valence-corrected chi connectivity index (χ0v) is 17.7. The molecule has 0 radical (unpaired) electrons. The van der Waals surface area contributed by atoms with E-state index < -0.39 is 17.2 Å². The molecule has 1 saturated heterocycles. The zero-order valence-electron chi connectivity index (χ0n) is 15.4. The molecule has 6 nitrogen and oxygen atoms in total. The Morgan fingerprint density at radius 1 is 1.46 bits per heavy atom. The van der Waals surface area contributed by atoms with Crippen LogP contribution in [0.15, 0.2) is 16.6 Å². The van der Waals surface area contributed by atoms with Crippen LogP contribution in [0.25, 0.3) is 0 Å². The summed E-state index contributed by atoms with van der Waals surface area (Å²) in [6, 6.07) is 3.44. The first-order valence-corrected chi connectivity index (χ1v) is 9.45. The number of nitrogens with zero attached hydrogens (tertiary/aromatic N) is 1. The number of amides is 1. The second-order valence-corrected chi connectivity index (χ2v) is 8.74. The lowest BCUT2D eigenvalue weighted by Crippen LogP contribution is -2.54. The van der Waals surface area contributed by atoms with Gasteiger partial charge in [-0.05, 0) is 55.3 Å². The normalized spacial score (nSPS) is 20.2. The summed E-state index contributed by atoms with van der Waals surface area (Å²) in [5.74, 6) is 0. The van der Waals surface area contributed by atoms with Gasteiger partial charge in [0.2, 0.25) is 0 Å². The summed E-state index contributed by atoms with van der Waals surface area (Å²) in [7, 11) is 1.59. The van der Waals surface area contributed by atoms with Crippen molar-refractivity contribution in [2.45, 2.75) is 38.3 Å². The van der Waals surface area contributed by atoms with Crippen LogP contribution in [-0.4, -0.2) is 50.3 Å². The lowest BCUT2D eigenvalue weighted by atomic mass is 10.00. The summed E-state index contributed by atoms with van der Waals surface area (Å²) >= 11 is 9.54. The van der Waals surface area contributed by atoms with Crippen molar-refractivity contribution in [3.63, 3.8) is 0 Å². The van der Waals surface area contributed by atoms with Crippen LogP contribution in [-0.2, 0) is 9.47 Å². The van der Waals surface area contributed by atoms with E-state index >= 15 is 0 Å². The van der Waals surface area contributed by atoms with Crippen molar-refractivity contribution in [3.8, 4) is 0 Å². The van der Waals surface area contributed by atoms with E-state index in [0.29, 0.717) is 41.2 Å². The number of methoxy groups -OCH3 is 1. The van der Waals surface area contributed by atoms with Crippen LogP contribution in [0.4, 0.5) is 10.5 Å². The fourth-order valence-electron chi connectivity index (χ4n) is 3.08. The third-order valence-corrected chi connectivity index (χ3v) is 4.95. The number of carbonyl (C=O) groups is 2. The second kappa shape index (κ2) is 8.15. The molecule has 1 amide bonds.